The largest absolute Gasteiger partial charge is 0.465 e. The second kappa shape index (κ2) is 6.33. The van der Waals surface area contributed by atoms with Gasteiger partial charge in [-0.05, 0) is 41.1 Å². The van der Waals surface area contributed by atoms with E-state index in [1.165, 1.54) is 7.11 Å². The van der Waals surface area contributed by atoms with Gasteiger partial charge in [-0.15, -0.1) is 0 Å². The first-order valence-electron chi connectivity index (χ1n) is 5.88. The highest BCUT2D eigenvalue weighted by Gasteiger charge is 2.15. The van der Waals surface area contributed by atoms with Crippen LogP contribution in [0.15, 0.2) is 33.2 Å². The van der Waals surface area contributed by atoms with Crippen molar-refractivity contribution in [2.75, 3.05) is 12.4 Å². The molecule has 1 N–H and O–H groups in total. The van der Waals surface area contributed by atoms with Gasteiger partial charge < -0.3 is 14.5 Å². The van der Waals surface area contributed by atoms with Gasteiger partial charge in [0.2, 0.25) is 0 Å². The molecule has 0 aliphatic heterocycles. The zero-order valence-electron chi connectivity index (χ0n) is 11.0. The zero-order chi connectivity index (χ0) is 14.7. The van der Waals surface area contributed by atoms with Crippen molar-refractivity contribution in [3.63, 3.8) is 0 Å². The van der Waals surface area contributed by atoms with Gasteiger partial charge in [0.15, 0.2) is 0 Å². The predicted molar refractivity (Wildman–Crippen MR) is 81.3 cm³/mol. The number of anilines is 1. The van der Waals surface area contributed by atoms with Crippen LogP contribution in [0, 0.1) is 6.92 Å². The maximum atomic E-state index is 11.5. The van der Waals surface area contributed by atoms with Gasteiger partial charge in [-0.25, -0.2) is 4.79 Å². The molecule has 106 valence electrons. The van der Waals surface area contributed by atoms with E-state index < -0.39 is 5.97 Å². The zero-order valence-corrected chi connectivity index (χ0v) is 13.3. The molecule has 0 saturated heterocycles. The van der Waals surface area contributed by atoms with Gasteiger partial charge in [0.25, 0.3) is 0 Å². The number of hydrogen-bond acceptors (Lipinski definition) is 4. The second-order valence-corrected chi connectivity index (χ2v) is 5.33. The van der Waals surface area contributed by atoms with Crippen LogP contribution in [-0.4, -0.2) is 13.1 Å². The van der Waals surface area contributed by atoms with Crippen LogP contribution in [-0.2, 0) is 11.3 Å². The van der Waals surface area contributed by atoms with Gasteiger partial charge in [0, 0.05) is 0 Å². The number of rotatable bonds is 4. The molecular weight excluding hydrogens is 346 g/mol. The Balaban J connectivity index is 2.12. The van der Waals surface area contributed by atoms with E-state index >= 15 is 0 Å². The molecule has 0 aliphatic carbocycles. The van der Waals surface area contributed by atoms with Crippen LogP contribution < -0.4 is 5.32 Å². The van der Waals surface area contributed by atoms with E-state index in [0.29, 0.717) is 28.7 Å². The standard InChI is InChI=1S/C14H13BrClNO3/c1-8-10(14(18)19-2)6-9(20-8)7-17-12-5-3-4-11(16)13(12)15/h3-6,17H,7H2,1-2H3. The molecule has 1 aromatic carbocycles. The van der Waals surface area contributed by atoms with E-state index in [4.69, 9.17) is 16.0 Å². The highest BCUT2D eigenvalue weighted by Crippen LogP contribution is 2.30. The maximum absolute atomic E-state index is 11.5. The highest BCUT2D eigenvalue weighted by atomic mass is 79.9. The first kappa shape index (κ1) is 14.9. The average molecular weight is 359 g/mol. The van der Waals surface area contributed by atoms with Crippen molar-refractivity contribution >= 4 is 39.2 Å². The average Bonchev–Trinajstić information content (AvgIpc) is 2.81. The smallest absolute Gasteiger partial charge is 0.341 e. The summed E-state index contributed by atoms with van der Waals surface area (Å²) in [6, 6.07) is 7.21. The number of carbonyl (C=O) groups is 1. The Kier molecular flexibility index (Phi) is 4.73. The summed E-state index contributed by atoms with van der Waals surface area (Å²) >= 11 is 9.42. The first-order chi connectivity index (χ1) is 9.52. The van der Waals surface area contributed by atoms with Crippen molar-refractivity contribution in [2.45, 2.75) is 13.5 Å². The van der Waals surface area contributed by atoms with E-state index in [-0.39, 0.29) is 0 Å². The van der Waals surface area contributed by atoms with E-state index in [1.807, 2.05) is 12.1 Å². The fraction of sp³-hybridized carbons (Fsp3) is 0.214. The Morgan fingerprint density at radius 1 is 1.50 bits per heavy atom. The molecule has 0 fully saturated rings. The Morgan fingerprint density at radius 2 is 2.25 bits per heavy atom. The minimum Gasteiger partial charge on any atom is -0.465 e. The molecule has 0 bridgehead atoms. The summed E-state index contributed by atoms with van der Waals surface area (Å²) in [6.07, 6.45) is 0. The molecule has 0 atom stereocenters. The van der Waals surface area contributed by atoms with Crippen molar-refractivity contribution < 1.29 is 13.9 Å². The van der Waals surface area contributed by atoms with E-state index in [0.717, 1.165) is 10.2 Å². The summed E-state index contributed by atoms with van der Waals surface area (Å²) in [6.45, 7) is 2.17. The molecule has 4 nitrogen and oxygen atoms in total. The minimum absolute atomic E-state index is 0.401. The summed E-state index contributed by atoms with van der Waals surface area (Å²) in [5.74, 6) is 0.787. The first-order valence-corrected chi connectivity index (χ1v) is 7.05. The molecule has 0 aliphatic rings. The molecule has 0 spiro atoms. The summed E-state index contributed by atoms with van der Waals surface area (Å²) in [4.78, 5) is 11.5. The molecule has 0 unspecified atom stereocenters. The van der Waals surface area contributed by atoms with E-state index in [9.17, 15) is 4.79 Å². The molecule has 1 heterocycles. The number of esters is 1. The van der Waals surface area contributed by atoms with Crippen LogP contribution in [0.3, 0.4) is 0 Å². The highest BCUT2D eigenvalue weighted by molar-refractivity contribution is 9.10. The van der Waals surface area contributed by atoms with Crippen LogP contribution in [0.5, 0.6) is 0 Å². The number of furan rings is 1. The molecule has 2 rings (SSSR count). The third-order valence-corrected chi connectivity index (χ3v) is 4.18. The Hall–Kier alpha value is -1.46. The predicted octanol–water partition coefficient (Wildman–Crippen LogP) is 4.40. The fourth-order valence-electron chi connectivity index (χ4n) is 1.77. The third kappa shape index (κ3) is 3.16. The molecule has 0 saturated carbocycles. The number of ether oxygens (including phenoxy) is 1. The lowest BCUT2D eigenvalue weighted by atomic mass is 10.2. The van der Waals surface area contributed by atoms with E-state index in [1.54, 1.807) is 19.1 Å². The van der Waals surface area contributed by atoms with Crippen LogP contribution in [0.4, 0.5) is 5.69 Å². The maximum Gasteiger partial charge on any atom is 0.341 e. The van der Waals surface area contributed by atoms with Crippen LogP contribution >= 0.6 is 27.5 Å². The molecule has 20 heavy (non-hydrogen) atoms. The lowest BCUT2D eigenvalue weighted by Gasteiger charge is -2.07. The Morgan fingerprint density at radius 3 is 2.95 bits per heavy atom. The molecular formula is C14H13BrClNO3. The van der Waals surface area contributed by atoms with Gasteiger partial charge in [-0.1, -0.05) is 17.7 Å². The minimum atomic E-state index is -0.401. The number of carbonyl (C=O) groups excluding carboxylic acids is 1. The van der Waals surface area contributed by atoms with Crippen molar-refractivity contribution in [3.05, 3.63) is 50.8 Å². The van der Waals surface area contributed by atoms with Gasteiger partial charge in [-0.3, -0.25) is 0 Å². The lowest BCUT2D eigenvalue weighted by molar-refractivity contribution is 0.0599. The Bertz CT molecular complexity index is 639. The summed E-state index contributed by atoms with van der Waals surface area (Å²) in [7, 11) is 1.34. The number of benzene rings is 1. The summed E-state index contributed by atoms with van der Waals surface area (Å²) in [5.41, 5.74) is 1.29. The molecule has 6 heteroatoms. The Labute approximate surface area is 130 Å². The lowest BCUT2D eigenvalue weighted by Crippen LogP contribution is -2.01. The van der Waals surface area contributed by atoms with Crippen molar-refractivity contribution in [1.29, 1.82) is 0 Å². The quantitative estimate of drug-likeness (QED) is 0.823. The van der Waals surface area contributed by atoms with Crippen molar-refractivity contribution in [3.8, 4) is 0 Å². The number of hydrogen-bond donors (Lipinski definition) is 1. The summed E-state index contributed by atoms with van der Waals surface area (Å²) in [5, 5.41) is 3.82. The van der Waals surface area contributed by atoms with Crippen molar-refractivity contribution in [2.24, 2.45) is 0 Å². The monoisotopic (exact) mass is 357 g/mol. The SMILES string of the molecule is COC(=O)c1cc(CNc2cccc(Cl)c2Br)oc1C. The van der Waals surface area contributed by atoms with Gasteiger partial charge >= 0.3 is 5.97 Å². The van der Waals surface area contributed by atoms with Gasteiger partial charge in [0.05, 0.1) is 28.8 Å². The number of halogens is 2. The topological polar surface area (TPSA) is 51.5 Å². The fourth-order valence-corrected chi connectivity index (χ4v) is 2.35. The molecule has 1 aromatic heterocycles. The second-order valence-electron chi connectivity index (χ2n) is 4.13. The van der Waals surface area contributed by atoms with E-state index in [2.05, 4.69) is 26.0 Å². The van der Waals surface area contributed by atoms with Crippen molar-refractivity contribution in [1.82, 2.24) is 0 Å². The normalized spacial score (nSPS) is 10.4. The van der Waals surface area contributed by atoms with Gasteiger partial charge in [0.1, 0.15) is 17.1 Å². The number of methoxy groups -OCH3 is 1. The van der Waals surface area contributed by atoms with Crippen LogP contribution in [0.2, 0.25) is 5.02 Å². The van der Waals surface area contributed by atoms with Crippen LogP contribution in [0.25, 0.3) is 0 Å². The molecule has 0 radical (unpaired) electrons. The third-order valence-electron chi connectivity index (χ3n) is 2.78. The molecule has 2 aromatic rings. The molecule has 0 amide bonds. The number of nitrogens with one attached hydrogen (secondary N) is 1. The van der Waals surface area contributed by atoms with Crippen LogP contribution in [0.1, 0.15) is 21.9 Å². The van der Waals surface area contributed by atoms with Gasteiger partial charge in [-0.2, -0.15) is 0 Å². The number of aryl methyl sites for hydroxylation is 1. The summed E-state index contributed by atoms with van der Waals surface area (Å²) < 4.78 is 11.0.